The third kappa shape index (κ3) is 2.78. The summed E-state index contributed by atoms with van der Waals surface area (Å²) < 4.78 is 1.23. The number of hydrogen-bond acceptors (Lipinski definition) is 4. The highest BCUT2D eigenvalue weighted by Gasteiger charge is 2.05. The van der Waals surface area contributed by atoms with Crippen LogP contribution in [0.3, 0.4) is 0 Å². The number of para-hydroxylation sites is 1. The zero-order valence-electron chi connectivity index (χ0n) is 9.31. The van der Waals surface area contributed by atoms with Crippen LogP contribution in [0.5, 0.6) is 0 Å². The van der Waals surface area contributed by atoms with E-state index in [4.69, 9.17) is 5.11 Å². The van der Waals surface area contributed by atoms with E-state index in [1.165, 1.54) is 4.70 Å². The van der Waals surface area contributed by atoms with E-state index in [0.717, 1.165) is 23.5 Å². The van der Waals surface area contributed by atoms with Crippen LogP contribution in [-0.2, 0) is 6.54 Å². The molecule has 0 saturated heterocycles. The summed E-state index contributed by atoms with van der Waals surface area (Å²) in [6, 6.07) is 8.50. The van der Waals surface area contributed by atoms with Crippen molar-refractivity contribution < 1.29 is 5.11 Å². The molecular formula is C12H16N2OS. The van der Waals surface area contributed by atoms with Crippen LogP contribution in [0.1, 0.15) is 18.4 Å². The van der Waals surface area contributed by atoms with Crippen molar-refractivity contribution in [2.45, 2.75) is 25.9 Å². The first kappa shape index (κ1) is 11.5. The number of thiazole rings is 1. The minimum Gasteiger partial charge on any atom is -0.396 e. The Bertz CT molecular complexity index is 422. The van der Waals surface area contributed by atoms with Crippen LogP contribution < -0.4 is 5.32 Å². The van der Waals surface area contributed by atoms with Crippen molar-refractivity contribution in [3.63, 3.8) is 0 Å². The number of aliphatic hydroxyl groups excluding tert-OH is 1. The van der Waals surface area contributed by atoms with Gasteiger partial charge < -0.3 is 10.4 Å². The highest BCUT2D eigenvalue weighted by Crippen LogP contribution is 2.21. The molecule has 1 unspecified atom stereocenters. The van der Waals surface area contributed by atoms with Crippen molar-refractivity contribution >= 4 is 21.6 Å². The molecule has 3 nitrogen and oxygen atoms in total. The average molecular weight is 236 g/mol. The molecule has 0 amide bonds. The standard InChI is InChI=1S/C12H16N2OS/c1-9(6-7-15)13-8-12-14-10-4-2-3-5-11(10)16-12/h2-5,9,13,15H,6-8H2,1H3. The van der Waals surface area contributed by atoms with Gasteiger partial charge in [0, 0.05) is 19.2 Å². The highest BCUT2D eigenvalue weighted by molar-refractivity contribution is 7.18. The molecule has 0 aliphatic rings. The molecule has 4 heteroatoms. The fraction of sp³-hybridized carbons (Fsp3) is 0.417. The van der Waals surface area contributed by atoms with Gasteiger partial charge in [0.2, 0.25) is 0 Å². The van der Waals surface area contributed by atoms with Gasteiger partial charge in [0.25, 0.3) is 0 Å². The Hall–Kier alpha value is -0.970. The van der Waals surface area contributed by atoms with Crippen LogP contribution in [0, 0.1) is 0 Å². The van der Waals surface area contributed by atoms with Crippen LogP contribution in [0.4, 0.5) is 0 Å². The summed E-state index contributed by atoms with van der Waals surface area (Å²) in [5.41, 5.74) is 1.07. The number of rotatable bonds is 5. The van der Waals surface area contributed by atoms with Crippen LogP contribution >= 0.6 is 11.3 Å². The molecule has 0 aliphatic carbocycles. The maximum Gasteiger partial charge on any atom is 0.108 e. The van der Waals surface area contributed by atoms with Gasteiger partial charge in [-0.25, -0.2) is 4.98 Å². The summed E-state index contributed by atoms with van der Waals surface area (Å²) in [7, 11) is 0. The molecule has 2 N–H and O–H groups in total. The molecule has 86 valence electrons. The van der Waals surface area contributed by atoms with E-state index in [1.54, 1.807) is 11.3 Å². The molecule has 0 radical (unpaired) electrons. The Kier molecular flexibility index (Phi) is 3.88. The van der Waals surface area contributed by atoms with Crippen LogP contribution in [-0.4, -0.2) is 22.7 Å². The number of nitrogens with zero attached hydrogens (tertiary/aromatic N) is 1. The lowest BCUT2D eigenvalue weighted by atomic mass is 10.2. The second-order valence-corrected chi connectivity index (χ2v) is 4.98. The molecule has 2 rings (SSSR count). The molecule has 0 spiro atoms. The lowest BCUT2D eigenvalue weighted by molar-refractivity contribution is 0.268. The van der Waals surface area contributed by atoms with Crippen LogP contribution in [0.15, 0.2) is 24.3 Å². The topological polar surface area (TPSA) is 45.1 Å². The first-order chi connectivity index (χ1) is 7.79. The Morgan fingerprint density at radius 1 is 1.44 bits per heavy atom. The summed E-state index contributed by atoms with van der Waals surface area (Å²) in [5.74, 6) is 0. The van der Waals surface area contributed by atoms with Crippen molar-refractivity contribution in [2.24, 2.45) is 0 Å². The largest absolute Gasteiger partial charge is 0.396 e. The monoisotopic (exact) mass is 236 g/mol. The smallest absolute Gasteiger partial charge is 0.108 e. The summed E-state index contributed by atoms with van der Waals surface area (Å²) in [6.07, 6.45) is 0.783. The molecule has 16 heavy (non-hydrogen) atoms. The van der Waals surface area contributed by atoms with Gasteiger partial charge in [-0.3, -0.25) is 0 Å². The van der Waals surface area contributed by atoms with E-state index >= 15 is 0 Å². The quantitative estimate of drug-likeness (QED) is 0.836. The molecule has 0 aliphatic heterocycles. The van der Waals surface area contributed by atoms with Gasteiger partial charge >= 0.3 is 0 Å². The summed E-state index contributed by atoms with van der Waals surface area (Å²) >= 11 is 1.72. The molecule has 0 bridgehead atoms. The predicted molar refractivity (Wildman–Crippen MR) is 67.6 cm³/mol. The average Bonchev–Trinajstić information content (AvgIpc) is 2.69. The third-order valence-corrected chi connectivity index (χ3v) is 3.54. The van der Waals surface area contributed by atoms with Gasteiger partial charge in [-0.2, -0.15) is 0 Å². The lowest BCUT2D eigenvalue weighted by Crippen LogP contribution is -2.26. The molecule has 1 atom stereocenters. The highest BCUT2D eigenvalue weighted by atomic mass is 32.1. The van der Waals surface area contributed by atoms with Gasteiger partial charge in [-0.05, 0) is 25.5 Å². The first-order valence-electron chi connectivity index (χ1n) is 5.48. The molecule has 2 aromatic rings. The number of fused-ring (bicyclic) bond motifs is 1. The Morgan fingerprint density at radius 3 is 3.00 bits per heavy atom. The number of benzene rings is 1. The van der Waals surface area contributed by atoms with E-state index < -0.39 is 0 Å². The number of nitrogens with one attached hydrogen (secondary N) is 1. The number of hydrogen-bond donors (Lipinski definition) is 2. The number of aliphatic hydroxyl groups is 1. The van der Waals surface area contributed by atoms with Crippen molar-refractivity contribution in [3.8, 4) is 0 Å². The Balaban J connectivity index is 1.99. The zero-order chi connectivity index (χ0) is 11.4. The van der Waals surface area contributed by atoms with Crippen molar-refractivity contribution in [1.29, 1.82) is 0 Å². The molecular weight excluding hydrogens is 220 g/mol. The molecule has 1 heterocycles. The van der Waals surface area contributed by atoms with Crippen LogP contribution in [0.25, 0.3) is 10.2 Å². The van der Waals surface area contributed by atoms with Gasteiger partial charge in [0.15, 0.2) is 0 Å². The zero-order valence-corrected chi connectivity index (χ0v) is 10.1. The van der Waals surface area contributed by atoms with E-state index in [1.807, 2.05) is 18.2 Å². The van der Waals surface area contributed by atoms with Crippen molar-refractivity contribution in [3.05, 3.63) is 29.3 Å². The maximum atomic E-state index is 8.80. The fourth-order valence-electron chi connectivity index (χ4n) is 1.55. The van der Waals surface area contributed by atoms with E-state index in [0.29, 0.717) is 6.04 Å². The van der Waals surface area contributed by atoms with E-state index in [2.05, 4.69) is 23.3 Å². The second-order valence-electron chi connectivity index (χ2n) is 3.87. The van der Waals surface area contributed by atoms with Gasteiger partial charge in [0.05, 0.1) is 10.2 Å². The normalized spacial score (nSPS) is 13.1. The summed E-state index contributed by atoms with van der Waals surface area (Å²) in [6.45, 7) is 3.08. The second kappa shape index (κ2) is 5.39. The molecule has 0 fully saturated rings. The van der Waals surface area contributed by atoms with Crippen molar-refractivity contribution in [1.82, 2.24) is 10.3 Å². The lowest BCUT2D eigenvalue weighted by Gasteiger charge is -2.10. The third-order valence-electron chi connectivity index (χ3n) is 2.50. The molecule has 1 aromatic carbocycles. The van der Waals surface area contributed by atoms with Crippen LogP contribution in [0.2, 0.25) is 0 Å². The number of aromatic nitrogens is 1. The predicted octanol–water partition coefficient (Wildman–Crippen LogP) is 2.16. The van der Waals surface area contributed by atoms with Gasteiger partial charge in [-0.1, -0.05) is 12.1 Å². The minimum atomic E-state index is 0.230. The summed E-state index contributed by atoms with van der Waals surface area (Å²) in [5, 5.41) is 13.2. The fourth-order valence-corrected chi connectivity index (χ4v) is 2.47. The van der Waals surface area contributed by atoms with E-state index in [9.17, 15) is 0 Å². The molecule has 1 aromatic heterocycles. The minimum absolute atomic E-state index is 0.230. The van der Waals surface area contributed by atoms with E-state index in [-0.39, 0.29) is 6.61 Å². The summed E-state index contributed by atoms with van der Waals surface area (Å²) in [4.78, 5) is 4.54. The maximum absolute atomic E-state index is 8.80. The SMILES string of the molecule is CC(CCO)NCc1nc2ccccc2s1. The van der Waals surface area contributed by atoms with Gasteiger partial charge in [-0.15, -0.1) is 11.3 Å². The Morgan fingerprint density at radius 2 is 2.25 bits per heavy atom. The first-order valence-corrected chi connectivity index (χ1v) is 6.30. The molecule has 0 saturated carbocycles. The van der Waals surface area contributed by atoms with Crippen molar-refractivity contribution in [2.75, 3.05) is 6.61 Å². The Labute approximate surface area is 99.1 Å². The van der Waals surface area contributed by atoms with Gasteiger partial charge in [0.1, 0.15) is 5.01 Å².